The van der Waals surface area contributed by atoms with Gasteiger partial charge in [-0.1, -0.05) is 0 Å². The van der Waals surface area contributed by atoms with Gasteiger partial charge in [-0.15, -0.1) is 11.3 Å². The van der Waals surface area contributed by atoms with Gasteiger partial charge in [-0.05, 0) is 25.5 Å². The Morgan fingerprint density at radius 2 is 1.95 bits per heavy atom. The van der Waals surface area contributed by atoms with E-state index in [1.165, 1.54) is 19.9 Å². The number of hydrogen-bond acceptors (Lipinski definition) is 6. The van der Waals surface area contributed by atoms with Crippen molar-refractivity contribution in [2.45, 2.75) is 24.1 Å². The highest BCUT2D eigenvalue weighted by Crippen LogP contribution is 2.26. The van der Waals surface area contributed by atoms with Gasteiger partial charge in [-0.3, -0.25) is 0 Å². The molecule has 1 rings (SSSR count). The first-order chi connectivity index (χ1) is 8.92. The fourth-order valence-corrected chi connectivity index (χ4v) is 5.34. The summed E-state index contributed by atoms with van der Waals surface area (Å²) in [5, 5.41) is 8.90. The Morgan fingerprint density at radius 1 is 1.40 bits per heavy atom. The SMILES string of the molecule is Cc1cc(S(=O)(=O)NC(C)CS(C)(=O)=O)sc1C(=O)O. The second-order valence-corrected chi connectivity index (χ2v) is 9.68. The summed E-state index contributed by atoms with van der Waals surface area (Å²) >= 11 is 0.635. The van der Waals surface area contributed by atoms with Crippen molar-refractivity contribution in [1.29, 1.82) is 0 Å². The zero-order chi connectivity index (χ0) is 15.7. The van der Waals surface area contributed by atoms with Crippen LogP contribution in [0.3, 0.4) is 0 Å². The monoisotopic (exact) mass is 341 g/mol. The Labute approximate surface area is 121 Å². The van der Waals surface area contributed by atoms with E-state index in [2.05, 4.69) is 4.72 Å². The number of aromatic carboxylic acids is 1. The first-order valence-corrected chi connectivity index (χ1v) is 9.82. The van der Waals surface area contributed by atoms with Gasteiger partial charge in [0.1, 0.15) is 18.9 Å². The Kier molecular flexibility index (Phi) is 4.95. The third-order valence-corrected chi connectivity index (χ3v) is 6.66. The predicted molar refractivity (Wildman–Crippen MR) is 75.5 cm³/mol. The highest BCUT2D eigenvalue weighted by atomic mass is 32.2. The smallest absolute Gasteiger partial charge is 0.346 e. The zero-order valence-electron chi connectivity index (χ0n) is 11.1. The molecule has 0 bridgehead atoms. The molecule has 1 heterocycles. The number of nitrogens with one attached hydrogen (secondary N) is 1. The molecule has 1 atom stereocenters. The molecular weight excluding hydrogens is 326 g/mol. The molecule has 0 aliphatic carbocycles. The van der Waals surface area contributed by atoms with Gasteiger partial charge < -0.3 is 5.11 Å². The fourth-order valence-electron chi connectivity index (χ4n) is 1.61. The van der Waals surface area contributed by atoms with Crippen LogP contribution in [0.15, 0.2) is 10.3 Å². The van der Waals surface area contributed by atoms with E-state index in [4.69, 9.17) is 5.11 Å². The van der Waals surface area contributed by atoms with Gasteiger partial charge >= 0.3 is 5.97 Å². The molecule has 0 amide bonds. The van der Waals surface area contributed by atoms with E-state index in [0.717, 1.165) is 6.26 Å². The molecule has 7 nitrogen and oxygen atoms in total. The molecule has 0 saturated carbocycles. The van der Waals surface area contributed by atoms with Crippen LogP contribution in [0.5, 0.6) is 0 Å². The topological polar surface area (TPSA) is 118 Å². The minimum Gasteiger partial charge on any atom is -0.477 e. The van der Waals surface area contributed by atoms with Crippen molar-refractivity contribution in [3.8, 4) is 0 Å². The standard InChI is InChI=1S/C10H15NO6S3/c1-6-4-8(18-9(6)10(12)13)20(16,17)11-7(2)5-19(3,14)15/h4,7,11H,5H2,1-3H3,(H,12,13). The number of thiophene rings is 1. The molecule has 114 valence electrons. The molecule has 20 heavy (non-hydrogen) atoms. The lowest BCUT2D eigenvalue weighted by atomic mass is 10.3. The quantitative estimate of drug-likeness (QED) is 0.776. The number of carboxylic acid groups (broad SMARTS) is 1. The molecule has 1 unspecified atom stereocenters. The van der Waals surface area contributed by atoms with Gasteiger partial charge in [0.05, 0.1) is 5.75 Å². The first-order valence-electron chi connectivity index (χ1n) is 5.46. The van der Waals surface area contributed by atoms with Crippen molar-refractivity contribution in [1.82, 2.24) is 4.72 Å². The maximum atomic E-state index is 12.0. The molecule has 10 heteroatoms. The Hall–Kier alpha value is -0.970. The van der Waals surface area contributed by atoms with Crippen LogP contribution >= 0.6 is 11.3 Å². The molecule has 2 N–H and O–H groups in total. The van der Waals surface area contributed by atoms with E-state index in [-0.39, 0.29) is 14.8 Å². The summed E-state index contributed by atoms with van der Waals surface area (Å²) in [6, 6.07) is 0.453. The summed E-state index contributed by atoms with van der Waals surface area (Å²) in [6.45, 7) is 2.93. The average molecular weight is 341 g/mol. The number of carbonyl (C=O) groups is 1. The van der Waals surface area contributed by atoms with Gasteiger partial charge in [0.2, 0.25) is 10.0 Å². The van der Waals surface area contributed by atoms with E-state index in [1.807, 2.05) is 0 Å². The van der Waals surface area contributed by atoms with E-state index in [1.54, 1.807) is 0 Å². The molecule has 1 aromatic heterocycles. The highest BCUT2D eigenvalue weighted by Gasteiger charge is 2.24. The number of hydrogen-bond donors (Lipinski definition) is 2. The molecule has 0 aromatic carbocycles. The van der Waals surface area contributed by atoms with Crippen molar-refractivity contribution < 1.29 is 26.7 Å². The van der Waals surface area contributed by atoms with Crippen molar-refractivity contribution >= 4 is 37.2 Å². The lowest BCUT2D eigenvalue weighted by Crippen LogP contribution is -2.36. The lowest BCUT2D eigenvalue weighted by molar-refractivity contribution is 0.0701. The van der Waals surface area contributed by atoms with Crippen LogP contribution < -0.4 is 4.72 Å². The maximum Gasteiger partial charge on any atom is 0.346 e. The van der Waals surface area contributed by atoms with Crippen LogP contribution in [-0.2, 0) is 19.9 Å². The van der Waals surface area contributed by atoms with Crippen LogP contribution in [0.1, 0.15) is 22.2 Å². The van der Waals surface area contributed by atoms with E-state index >= 15 is 0 Å². The van der Waals surface area contributed by atoms with Gasteiger partial charge in [-0.2, -0.15) is 0 Å². The summed E-state index contributed by atoms with van der Waals surface area (Å²) < 4.78 is 48.3. The molecule has 0 aliphatic heterocycles. The minimum atomic E-state index is -3.93. The molecule has 0 spiro atoms. The zero-order valence-corrected chi connectivity index (χ0v) is 13.5. The fraction of sp³-hybridized carbons (Fsp3) is 0.500. The Balaban J connectivity index is 3.00. The first kappa shape index (κ1) is 17.1. The highest BCUT2D eigenvalue weighted by molar-refractivity contribution is 7.92. The molecule has 0 radical (unpaired) electrons. The molecule has 0 aliphatic rings. The van der Waals surface area contributed by atoms with E-state index in [9.17, 15) is 21.6 Å². The van der Waals surface area contributed by atoms with Crippen LogP contribution in [0.4, 0.5) is 0 Å². The summed E-state index contributed by atoms with van der Waals surface area (Å²) in [6.07, 6.45) is 1.01. The van der Waals surface area contributed by atoms with Gasteiger partial charge in [-0.25, -0.2) is 26.4 Å². The Bertz CT molecular complexity index is 716. The van der Waals surface area contributed by atoms with Gasteiger partial charge in [0, 0.05) is 12.3 Å². The summed E-state index contributed by atoms with van der Waals surface area (Å²) in [5.74, 6) is -1.53. The van der Waals surface area contributed by atoms with Crippen LogP contribution in [0, 0.1) is 6.92 Å². The van der Waals surface area contributed by atoms with E-state index < -0.39 is 31.9 Å². The lowest BCUT2D eigenvalue weighted by Gasteiger charge is -2.11. The number of aryl methyl sites for hydroxylation is 1. The van der Waals surface area contributed by atoms with Crippen LogP contribution in [0.2, 0.25) is 0 Å². The average Bonchev–Trinajstić information content (AvgIpc) is 2.56. The maximum absolute atomic E-state index is 12.0. The largest absolute Gasteiger partial charge is 0.477 e. The van der Waals surface area contributed by atoms with Crippen molar-refractivity contribution in [3.63, 3.8) is 0 Å². The van der Waals surface area contributed by atoms with Crippen molar-refractivity contribution in [2.75, 3.05) is 12.0 Å². The van der Waals surface area contributed by atoms with Crippen LogP contribution in [-0.4, -0.2) is 46.0 Å². The van der Waals surface area contributed by atoms with E-state index in [0.29, 0.717) is 16.9 Å². The Morgan fingerprint density at radius 3 is 2.35 bits per heavy atom. The van der Waals surface area contributed by atoms with Crippen LogP contribution in [0.25, 0.3) is 0 Å². The second kappa shape index (κ2) is 5.80. The number of sulfone groups is 1. The molecular formula is C10H15NO6S3. The summed E-state index contributed by atoms with van der Waals surface area (Å²) in [4.78, 5) is 10.8. The molecule has 0 fully saturated rings. The third kappa shape index (κ3) is 4.54. The number of sulfonamides is 1. The number of rotatable bonds is 6. The molecule has 0 saturated heterocycles. The predicted octanol–water partition coefficient (Wildman–Crippen LogP) is 0.466. The molecule has 1 aromatic rings. The third-order valence-electron chi connectivity index (χ3n) is 2.26. The summed E-state index contributed by atoms with van der Waals surface area (Å²) in [7, 11) is -7.24. The second-order valence-electron chi connectivity index (χ2n) is 4.50. The normalized spacial score (nSPS) is 14.2. The van der Waals surface area contributed by atoms with Crippen molar-refractivity contribution in [3.05, 3.63) is 16.5 Å². The summed E-state index contributed by atoms with van der Waals surface area (Å²) in [5.41, 5.74) is 0.346. The van der Waals surface area contributed by atoms with Gasteiger partial charge in [0.15, 0.2) is 0 Å². The van der Waals surface area contributed by atoms with Gasteiger partial charge in [0.25, 0.3) is 0 Å². The van der Waals surface area contributed by atoms with Crippen molar-refractivity contribution in [2.24, 2.45) is 0 Å². The number of carboxylic acids is 1. The minimum absolute atomic E-state index is 0.0545.